The van der Waals surface area contributed by atoms with Crippen molar-refractivity contribution in [2.45, 2.75) is 64.5 Å². The van der Waals surface area contributed by atoms with Crippen molar-refractivity contribution in [3.8, 4) is 0 Å². The van der Waals surface area contributed by atoms with E-state index in [1.54, 1.807) is 32.9 Å². The number of carbonyl (C=O) groups excluding carboxylic acids is 1. The number of carbonyl (C=O) groups is 1. The standard InChI is InChI=1S/C23H31NO5S/c1-16-8-11-21(12-9-16)30(26,27)28-15-20(24-22(25)29-23(4,5)6)14-19-10-7-17(2)13-18(19)3/h7-13,20H,14-15H2,1-6H3,(H,24,25). The van der Waals surface area contributed by atoms with E-state index >= 15 is 0 Å². The van der Waals surface area contributed by atoms with Crippen molar-refractivity contribution in [2.75, 3.05) is 6.61 Å². The summed E-state index contributed by atoms with van der Waals surface area (Å²) in [5, 5.41) is 2.75. The lowest BCUT2D eigenvalue weighted by atomic mass is 9.99. The number of rotatable bonds is 7. The van der Waals surface area contributed by atoms with Gasteiger partial charge in [0.15, 0.2) is 0 Å². The van der Waals surface area contributed by atoms with E-state index in [-0.39, 0.29) is 11.5 Å². The van der Waals surface area contributed by atoms with Crippen molar-refractivity contribution in [3.63, 3.8) is 0 Å². The van der Waals surface area contributed by atoms with Gasteiger partial charge in [-0.3, -0.25) is 4.18 Å². The summed E-state index contributed by atoms with van der Waals surface area (Å²) in [7, 11) is -3.94. The lowest BCUT2D eigenvalue weighted by molar-refractivity contribution is 0.0488. The molecule has 0 heterocycles. The van der Waals surface area contributed by atoms with Crippen LogP contribution in [0.15, 0.2) is 47.4 Å². The quantitative estimate of drug-likeness (QED) is 0.652. The first-order valence-electron chi connectivity index (χ1n) is 9.87. The van der Waals surface area contributed by atoms with Gasteiger partial charge < -0.3 is 10.1 Å². The zero-order valence-corrected chi connectivity index (χ0v) is 19.3. The van der Waals surface area contributed by atoms with Crippen molar-refractivity contribution < 1.29 is 22.1 Å². The first-order valence-corrected chi connectivity index (χ1v) is 11.3. The molecule has 1 unspecified atom stereocenters. The number of hydrogen-bond acceptors (Lipinski definition) is 5. The van der Waals surface area contributed by atoms with Crippen LogP contribution in [0.2, 0.25) is 0 Å². The van der Waals surface area contributed by atoms with Crippen LogP contribution in [-0.2, 0) is 25.5 Å². The van der Waals surface area contributed by atoms with Gasteiger partial charge in [0.2, 0.25) is 0 Å². The van der Waals surface area contributed by atoms with Gasteiger partial charge >= 0.3 is 6.09 Å². The molecule has 0 bridgehead atoms. The predicted octanol–water partition coefficient (Wildman–Crippen LogP) is 4.45. The third-order valence-electron chi connectivity index (χ3n) is 4.42. The maximum Gasteiger partial charge on any atom is 0.407 e. The molecule has 2 aromatic rings. The van der Waals surface area contributed by atoms with Crippen LogP contribution in [0, 0.1) is 20.8 Å². The van der Waals surface area contributed by atoms with E-state index in [0.717, 1.165) is 22.3 Å². The molecule has 0 saturated carbocycles. The Kier molecular flexibility index (Phi) is 7.66. The molecular weight excluding hydrogens is 402 g/mol. The van der Waals surface area contributed by atoms with Gasteiger partial charge in [-0.1, -0.05) is 41.5 Å². The van der Waals surface area contributed by atoms with Gasteiger partial charge in [-0.05, 0) is 71.2 Å². The smallest absolute Gasteiger partial charge is 0.407 e. The van der Waals surface area contributed by atoms with E-state index in [2.05, 4.69) is 5.32 Å². The number of amides is 1. The lowest BCUT2D eigenvalue weighted by Crippen LogP contribution is -2.43. The molecule has 0 aliphatic carbocycles. The summed E-state index contributed by atoms with van der Waals surface area (Å²) in [5.41, 5.74) is 3.48. The molecule has 0 spiro atoms. The van der Waals surface area contributed by atoms with Crippen molar-refractivity contribution in [1.82, 2.24) is 5.32 Å². The number of nitrogens with one attached hydrogen (secondary N) is 1. The number of ether oxygens (including phenoxy) is 1. The Labute approximate surface area is 179 Å². The summed E-state index contributed by atoms with van der Waals surface area (Å²) in [6, 6.07) is 11.9. The second-order valence-electron chi connectivity index (χ2n) is 8.53. The molecule has 1 amide bonds. The summed E-state index contributed by atoms with van der Waals surface area (Å²) in [6.07, 6.45) is -0.206. The van der Waals surface area contributed by atoms with Gasteiger partial charge in [-0.25, -0.2) is 4.79 Å². The van der Waals surface area contributed by atoms with Gasteiger partial charge in [-0.15, -0.1) is 0 Å². The van der Waals surface area contributed by atoms with E-state index in [1.807, 2.05) is 39.0 Å². The van der Waals surface area contributed by atoms with Gasteiger partial charge in [0, 0.05) is 0 Å². The van der Waals surface area contributed by atoms with Crippen LogP contribution in [0.4, 0.5) is 4.79 Å². The highest BCUT2D eigenvalue weighted by atomic mass is 32.2. The van der Waals surface area contributed by atoms with Crippen LogP contribution in [0.25, 0.3) is 0 Å². The summed E-state index contributed by atoms with van der Waals surface area (Å²) in [4.78, 5) is 12.4. The second-order valence-corrected chi connectivity index (χ2v) is 10.1. The minimum absolute atomic E-state index is 0.0793. The maximum absolute atomic E-state index is 12.6. The van der Waals surface area contributed by atoms with Gasteiger partial charge in [0.05, 0.1) is 17.5 Å². The van der Waals surface area contributed by atoms with Crippen LogP contribution in [-0.4, -0.2) is 32.8 Å². The molecule has 6 nitrogen and oxygen atoms in total. The molecule has 0 radical (unpaired) electrons. The largest absolute Gasteiger partial charge is 0.444 e. The average molecular weight is 434 g/mol. The Morgan fingerprint density at radius 1 is 1.00 bits per heavy atom. The summed E-state index contributed by atoms with van der Waals surface area (Å²) in [5.74, 6) is 0. The molecule has 1 N–H and O–H groups in total. The fraction of sp³-hybridized carbons (Fsp3) is 0.435. The summed E-state index contributed by atoms with van der Waals surface area (Å²) >= 11 is 0. The van der Waals surface area contributed by atoms with Crippen molar-refractivity contribution in [3.05, 3.63) is 64.7 Å². The van der Waals surface area contributed by atoms with E-state index in [4.69, 9.17) is 8.92 Å². The van der Waals surface area contributed by atoms with Gasteiger partial charge in [-0.2, -0.15) is 8.42 Å². The first kappa shape index (κ1) is 23.9. The minimum Gasteiger partial charge on any atom is -0.444 e. The second kappa shape index (κ2) is 9.62. The SMILES string of the molecule is Cc1ccc(S(=O)(=O)OCC(Cc2ccc(C)cc2C)NC(=O)OC(C)(C)C)cc1. The van der Waals surface area contributed by atoms with E-state index in [9.17, 15) is 13.2 Å². The molecule has 30 heavy (non-hydrogen) atoms. The highest BCUT2D eigenvalue weighted by Crippen LogP contribution is 2.17. The van der Waals surface area contributed by atoms with E-state index < -0.39 is 27.9 Å². The highest BCUT2D eigenvalue weighted by molar-refractivity contribution is 7.86. The fourth-order valence-corrected chi connectivity index (χ4v) is 3.86. The number of hydrogen-bond donors (Lipinski definition) is 1. The average Bonchev–Trinajstić information content (AvgIpc) is 2.61. The molecule has 2 rings (SSSR count). The van der Waals surface area contributed by atoms with Crippen molar-refractivity contribution in [2.24, 2.45) is 0 Å². The Balaban J connectivity index is 2.17. The fourth-order valence-electron chi connectivity index (χ4n) is 2.91. The van der Waals surface area contributed by atoms with Crippen LogP contribution in [0.1, 0.15) is 43.0 Å². The summed E-state index contributed by atoms with van der Waals surface area (Å²) < 4.78 is 35.7. The zero-order valence-electron chi connectivity index (χ0n) is 18.5. The Hall–Kier alpha value is -2.38. The zero-order chi connectivity index (χ0) is 22.5. The molecule has 1 atom stereocenters. The van der Waals surface area contributed by atoms with Crippen LogP contribution in [0.3, 0.4) is 0 Å². The molecule has 0 fully saturated rings. The predicted molar refractivity (Wildman–Crippen MR) is 117 cm³/mol. The van der Waals surface area contributed by atoms with Crippen LogP contribution >= 0.6 is 0 Å². The normalized spacial score (nSPS) is 13.0. The Bertz CT molecular complexity index is 976. The van der Waals surface area contributed by atoms with E-state index in [0.29, 0.717) is 6.42 Å². The van der Waals surface area contributed by atoms with Crippen LogP contribution in [0.5, 0.6) is 0 Å². The molecule has 0 aliphatic heterocycles. The molecule has 0 aromatic heterocycles. The minimum atomic E-state index is -3.94. The number of benzene rings is 2. The van der Waals surface area contributed by atoms with Crippen molar-refractivity contribution >= 4 is 16.2 Å². The molecule has 0 aliphatic rings. The highest BCUT2D eigenvalue weighted by Gasteiger charge is 2.23. The molecule has 7 heteroatoms. The molecule has 2 aromatic carbocycles. The monoisotopic (exact) mass is 433 g/mol. The lowest BCUT2D eigenvalue weighted by Gasteiger charge is -2.24. The van der Waals surface area contributed by atoms with Gasteiger partial charge in [0.1, 0.15) is 5.60 Å². The molecule has 0 saturated heterocycles. The van der Waals surface area contributed by atoms with Crippen LogP contribution < -0.4 is 5.32 Å². The van der Waals surface area contributed by atoms with Gasteiger partial charge in [0.25, 0.3) is 10.1 Å². The van der Waals surface area contributed by atoms with E-state index in [1.165, 1.54) is 12.1 Å². The molecule has 164 valence electrons. The first-order chi connectivity index (χ1) is 13.9. The number of aryl methyl sites for hydroxylation is 3. The topological polar surface area (TPSA) is 81.7 Å². The number of alkyl carbamates (subject to hydrolysis) is 1. The third-order valence-corrected chi connectivity index (χ3v) is 5.72. The Morgan fingerprint density at radius 2 is 1.60 bits per heavy atom. The molecular formula is C23H31NO5S. The van der Waals surface area contributed by atoms with Crippen molar-refractivity contribution in [1.29, 1.82) is 0 Å². The Morgan fingerprint density at radius 3 is 2.17 bits per heavy atom. The third kappa shape index (κ3) is 7.46. The summed E-state index contributed by atoms with van der Waals surface area (Å²) in [6.45, 7) is 11.0. The maximum atomic E-state index is 12.6.